The average molecular weight is 340 g/mol. The molecule has 24 heavy (non-hydrogen) atoms. The van der Waals surface area contributed by atoms with Crippen LogP contribution in [0.3, 0.4) is 0 Å². The number of amides is 1. The van der Waals surface area contributed by atoms with Crippen molar-refractivity contribution >= 4 is 33.1 Å². The van der Waals surface area contributed by atoms with Gasteiger partial charge in [0.25, 0.3) is 0 Å². The second kappa shape index (κ2) is 7.45. The Morgan fingerprint density at radius 1 is 1.25 bits per heavy atom. The second-order valence-electron chi connectivity index (χ2n) is 5.64. The number of aromatic nitrogens is 1. The van der Waals surface area contributed by atoms with Crippen molar-refractivity contribution in [1.29, 1.82) is 0 Å². The molecule has 1 amide bonds. The van der Waals surface area contributed by atoms with E-state index < -0.39 is 0 Å². The third-order valence-corrected chi connectivity index (χ3v) is 4.74. The number of nitrogens with one attached hydrogen (secondary N) is 1. The van der Waals surface area contributed by atoms with E-state index in [1.807, 2.05) is 37.3 Å². The largest absolute Gasteiger partial charge is 0.494 e. The molecular formula is C19H20N2O2S. The van der Waals surface area contributed by atoms with Crippen molar-refractivity contribution in [2.45, 2.75) is 26.2 Å². The van der Waals surface area contributed by atoms with E-state index in [1.54, 1.807) is 18.4 Å². The van der Waals surface area contributed by atoms with Crippen molar-refractivity contribution in [3.63, 3.8) is 0 Å². The van der Waals surface area contributed by atoms with E-state index in [2.05, 4.69) is 22.4 Å². The van der Waals surface area contributed by atoms with Crippen molar-refractivity contribution in [2.75, 3.05) is 12.4 Å². The predicted molar refractivity (Wildman–Crippen MR) is 98.9 cm³/mol. The van der Waals surface area contributed by atoms with E-state index >= 15 is 0 Å². The Morgan fingerprint density at radius 3 is 2.79 bits per heavy atom. The van der Waals surface area contributed by atoms with Crippen LogP contribution in [0.1, 0.15) is 23.4 Å². The molecule has 0 saturated heterocycles. The SMILES string of the molecule is COc1cc2nc(C)sc2cc1NC(=O)CCCc1ccccc1. The van der Waals surface area contributed by atoms with Gasteiger partial charge >= 0.3 is 0 Å². The normalized spacial score (nSPS) is 10.8. The summed E-state index contributed by atoms with van der Waals surface area (Å²) in [6.45, 7) is 1.97. The van der Waals surface area contributed by atoms with Crippen LogP contribution in [0.25, 0.3) is 10.2 Å². The van der Waals surface area contributed by atoms with Crippen LogP contribution >= 0.6 is 11.3 Å². The number of benzene rings is 2. The van der Waals surface area contributed by atoms with E-state index in [-0.39, 0.29) is 5.91 Å². The first-order chi connectivity index (χ1) is 11.7. The monoisotopic (exact) mass is 340 g/mol. The number of carbonyl (C=O) groups is 1. The first-order valence-corrected chi connectivity index (χ1v) is 8.76. The molecule has 5 heteroatoms. The van der Waals surface area contributed by atoms with Crippen molar-refractivity contribution in [3.05, 3.63) is 53.0 Å². The number of rotatable bonds is 6. The maximum absolute atomic E-state index is 12.2. The number of ether oxygens (including phenoxy) is 1. The number of aryl methyl sites for hydroxylation is 2. The summed E-state index contributed by atoms with van der Waals surface area (Å²) in [5.41, 5.74) is 2.86. The van der Waals surface area contributed by atoms with Crippen LogP contribution in [0.2, 0.25) is 0 Å². The van der Waals surface area contributed by atoms with E-state index in [1.165, 1.54) is 5.56 Å². The lowest BCUT2D eigenvalue weighted by atomic mass is 10.1. The fraction of sp³-hybridized carbons (Fsp3) is 0.263. The number of hydrogen-bond acceptors (Lipinski definition) is 4. The molecule has 1 N–H and O–H groups in total. The fourth-order valence-corrected chi connectivity index (χ4v) is 3.50. The lowest BCUT2D eigenvalue weighted by molar-refractivity contribution is -0.116. The van der Waals surface area contributed by atoms with Crippen LogP contribution < -0.4 is 10.1 Å². The van der Waals surface area contributed by atoms with Gasteiger partial charge in [0, 0.05) is 12.5 Å². The van der Waals surface area contributed by atoms with Gasteiger partial charge in [-0.05, 0) is 31.4 Å². The number of thiazole rings is 1. The van der Waals surface area contributed by atoms with E-state index in [4.69, 9.17) is 4.74 Å². The minimum Gasteiger partial charge on any atom is -0.494 e. The zero-order valence-corrected chi connectivity index (χ0v) is 14.7. The molecule has 0 radical (unpaired) electrons. The Morgan fingerprint density at radius 2 is 2.04 bits per heavy atom. The summed E-state index contributed by atoms with van der Waals surface area (Å²) in [6, 6.07) is 14.0. The highest BCUT2D eigenvalue weighted by molar-refractivity contribution is 7.18. The quantitative estimate of drug-likeness (QED) is 0.715. The first kappa shape index (κ1) is 16.5. The van der Waals surface area contributed by atoms with Crippen LogP contribution in [-0.2, 0) is 11.2 Å². The van der Waals surface area contributed by atoms with Crippen molar-refractivity contribution < 1.29 is 9.53 Å². The summed E-state index contributed by atoms with van der Waals surface area (Å²) in [6.07, 6.45) is 2.20. The summed E-state index contributed by atoms with van der Waals surface area (Å²) < 4.78 is 6.44. The van der Waals surface area contributed by atoms with Crippen LogP contribution in [-0.4, -0.2) is 18.0 Å². The molecule has 0 fully saturated rings. The Hall–Kier alpha value is -2.40. The minimum atomic E-state index is 0.00446. The molecule has 0 saturated carbocycles. The van der Waals surface area contributed by atoms with Gasteiger partial charge in [-0.3, -0.25) is 4.79 Å². The molecule has 124 valence electrons. The minimum absolute atomic E-state index is 0.00446. The first-order valence-electron chi connectivity index (χ1n) is 7.94. The van der Waals surface area contributed by atoms with E-state index in [9.17, 15) is 4.79 Å². The number of nitrogens with zero attached hydrogens (tertiary/aromatic N) is 1. The average Bonchev–Trinajstić information content (AvgIpc) is 2.94. The summed E-state index contributed by atoms with van der Waals surface area (Å²) in [5.74, 6) is 0.647. The lowest BCUT2D eigenvalue weighted by Crippen LogP contribution is -2.12. The molecule has 0 unspecified atom stereocenters. The van der Waals surface area contributed by atoms with Gasteiger partial charge in [-0.1, -0.05) is 30.3 Å². The molecule has 0 aliphatic heterocycles. The van der Waals surface area contributed by atoms with Gasteiger partial charge in [-0.2, -0.15) is 0 Å². The fourth-order valence-electron chi connectivity index (χ4n) is 2.65. The molecule has 0 atom stereocenters. The van der Waals surface area contributed by atoms with Crippen molar-refractivity contribution in [1.82, 2.24) is 4.98 Å². The molecular weight excluding hydrogens is 320 g/mol. The number of methoxy groups -OCH3 is 1. The summed E-state index contributed by atoms with van der Waals surface area (Å²) in [5, 5.41) is 3.96. The molecule has 0 aliphatic carbocycles. The van der Waals surface area contributed by atoms with Crippen LogP contribution in [0.5, 0.6) is 5.75 Å². The number of fused-ring (bicyclic) bond motifs is 1. The molecule has 3 rings (SSSR count). The second-order valence-corrected chi connectivity index (χ2v) is 6.88. The molecule has 0 aliphatic rings. The van der Waals surface area contributed by atoms with Gasteiger partial charge in [-0.15, -0.1) is 11.3 Å². The molecule has 0 spiro atoms. The Balaban J connectivity index is 1.64. The van der Waals surface area contributed by atoms with Gasteiger partial charge in [0.05, 0.1) is 28.0 Å². The van der Waals surface area contributed by atoms with Gasteiger partial charge < -0.3 is 10.1 Å². The van der Waals surface area contributed by atoms with Crippen molar-refractivity contribution in [2.24, 2.45) is 0 Å². The number of anilines is 1. The lowest BCUT2D eigenvalue weighted by Gasteiger charge is -2.10. The third kappa shape index (κ3) is 3.92. The van der Waals surface area contributed by atoms with E-state index in [0.29, 0.717) is 17.9 Å². The number of hydrogen-bond donors (Lipinski definition) is 1. The van der Waals surface area contributed by atoms with Gasteiger partial charge in [-0.25, -0.2) is 4.98 Å². The highest BCUT2D eigenvalue weighted by Gasteiger charge is 2.11. The summed E-state index contributed by atoms with van der Waals surface area (Å²) in [4.78, 5) is 16.7. The molecule has 0 bridgehead atoms. The topological polar surface area (TPSA) is 51.2 Å². The van der Waals surface area contributed by atoms with Gasteiger partial charge in [0.2, 0.25) is 5.91 Å². The zero-order valence-electron chi connectivity index (χ0n) is 13.8. The van der Waals surface area contributed by atoms with Gasteiger partial charge in [0.15, 0.2) is 0 Å². The predicted octanol–water partition coefficient (Wildman–Crippen LogP) is 4.57. The molecule has 3 aromatic rings. The highest BCUT2D eigenvalue weighted by Crippen LogP contribution is 2.33. The summed E-state index contributed by atoms with van der Waals surface area (Å²) in [7, 11) is 1.60. The maximum atomic E-state index is 12.2. The standard InChI is InChI=1S/C19H20N2O2S/c1-13-20-16-11-17(23-2)15(12-18(16)24-13)21-19(22)10-6-9-14-7-4-3-5-8-14/h3-5,7-8,11-12H,6,9-10H2,1-2H3,(H,21,22). The molecule has 2 aromatic carbocycles. The zero-order chi connectivity index (χ0) is 16.9. The number of carbonyl (C=O) groups excluding carboxylic acids is 1. The Bertz CT molecular complexity index is 843. The van der Waals surface area contributed by atoms with Gasteiger partial charge in [0.1, 0.15) is 5.75 Å². The van der Waals surface area contributed by atoms with Crippen LogP contribution in [0.4, 0.5) is 5.69 Å². The van der Waals surface area contributed by atoms with Crippen molar-refractivity contribution in [3.8, 4) is 5.75 Å². The smallest absolute Gasteiger partial charge is 0.224 e. The van der Waals surface area contributed by atoms with Crippen LogP contribution in [0, 0.1) is 6.92 Å². The highest BCUT2D eigenvalue weighted by atomic mass is 32.1. The Labute approximate surface area is 145 Å². The summed E-state index contributed by atoms with van der Waals surface area (Å²) >= 11 is 1.61. The molecule has 4 nitrogen and oxygen atoms in total. The van der Waals surface area contributed by atoms with Crippen LogP contribution in [0.15, 0.2) is 42.5 Å². The molecule has 1 heterocycles. The van der Waals surface area contributed by atoms with E-state index in [0.717, 1.165) is 28.1 Å². The molecule has 1 aromatic heterocycles. The maximum Gasteiger partial charge on any atom is 0.224 e. The third-order valence-electron chi connectivity index (χ3n) is 3.80. The Kier molecular flexibility index (Phi) is 5.11.